The number of benzene rings is 1. The Bertz CT molecular complexity index is 921. The highest BCUT2D eigenvalue weighted by atomic mass is 16.5. The molecule has 4 rings (SSSR count). The molecule has 2 saturated heterocycles. The van der Waals surface area contributed by atoms with Crippen LogP contribution in [0.1, 0.15) is 18.9 Å². The Hall–Kier alpha value is -2.76. The smallest absolute Gasteiger partial charge is 0.234 e. The second-order valence-electron chi connectivity index (χ2n) is 7.90. The number of nitriles is 1. The SMILES string of the molecule is C[C@H]1C[C@@H](NC(=O)CN2CCOCC2)CN(c2ccc(C#N)c3nccnc23)C1. The van der Waals surface area contributed by atoms with Crippen LogP contribution in [-0.4, -0.2) is 72.8 Å². The van der Waals surface area contributed by atoms with Gasteiger partial charge < -0.3 is 15.0 Å². The molecule has 0 radical (unpaired) electrons. The summed E-state index contributed by atoms with van der Waals surface area (Å²) in [6.07, 6.45) is 4.22. The summed E-state index contributed by atoms with van der Waals surface area (Å²) in [5.41, 5.74) is 2.85. The molecule has 2 aliphatic rings. The minimum atomic E-state index is 0.0652. The van der Waals surface area contributed by atoms with E-state index in [0.29, 0.717) is 36.8 Å². The van der Waals surface area contributed by atoms with Crippen molar-refractivity contribution in [2.24, 2.45) is 5.92 Å². The zero-order valence-electron chi connectivity index (χ0n) is 16.7. The first kappa shape index (κ1) is 19.6. The summed E-state index contributed by atoms with van der Waals surface area (Å²) in [5.74, 6) is 0.496. The fourth-order valence-electron chi connectivity index (χ4n) is 4.28. The fourth-order valence-corrected chi connectivity index (χ4v) is 4.28. The van der Waals surface area contributed by atoms with Crippen LogP contribution in [-0.2, 0) is 9.53 Å². The van der Waals surface area contributed by atoms with E-state index in [1.807, 2.05) is 6.07 Å². The average Bonchev–Trinajstić information content (AvgIpc) is 2.73. The summed E-state index contributed by atoms with van der Waals surface area (Å²) < 4.78 is 5.35. The van der Waals surface area contributed by atoms with Crippen LogP contribution in [0.2, 0.25) is 0 Å². The maximum Gasteiger partial charge on any atom is 0.234 e. The topological polar surface area (TPSA) is 94.4 Å². The molecule has 0 saturated carbocycles. The third-order valence-corrected chi connectivity index (χ3v) is 5.56. The predicted octanol–water partition coefficient (Wildman–Crippen LogP) is 1.16. The van der Waals surface area contributed by atoms with Gasteiger partial charge in [0.2, 0.25) is 5.91 Å². The number of amides is 1. The zero-order valence-corrected chi connectivity index (χ0v) is 16.7. The van der Waals surface area contributed by atoms with Crippen molar-refractivity contribution < 1.29 is 9.53 Å². The molecule has 8 heteroatoms. The molecule has 0 unspecified atom stereocenters. The maximum atomic E-state index is 12.6. The molecular weight excluding hydrogens is 368 g/mol. The van der Waals surface area contributed by atoms with Crippen molar-refractivity contribution in [2.45, 2.75) is 19.4 Å². The van der Waals surface area contributed by atoms with E-state index in [1.165, 1.54) is 0 Å². The molecule has 0 bridgehead atoms. The van der Waals surface area contributed by atoms with E-state index in [4.69, 9.17) is 4.74 Å². The Morgan fingerprint density at radius 2 is 2.00 bits per heavy atom. The lowest BCUT2D eigenvalue weighted by Gasteiger charge is -2.38. The minimum absolute atomic E-state index is 0.0652. The Morgan fingerprint density at radius 1 is 1.24 bits per heavy atom. The number of nitrogens with one attached hydrogen (secondary N) is 1. The van der Waals surface area contributed by atoms with E-state index in [0.717, 1.165) is 43.8 Å². The third kappa shape index (κ3) is 4.47. The minimum Gasteiger partial charge on any atom is -0.379 e. The number of ether oxygens (including phenoxy) is 1. The van der Waals surface area contributed by atoms with Crippen LogP contribution in [0.25, 0.3) is 11.0 Å². The molecule has 0 spiro atoms. The molecule has 29 heavy (non-hydrogen) atoms. The first-order valence-corrected chi connectivity index (χ1v) is 10.1. The molecule has 2 atom stereocenters. The van der Waals surface area contributed by atoms with Crippen LogP contribution in [0, 0.1) is 17.2 Å². The van der Waals surface area contributed by atoms with Gasteiger partial charge >= 0.3 is 0 Å². The summed E-state index contributed by atoms with van der Waals surface area (Å²) >= 11 is 0. The highest BCUT2D eigenvalue weighted by Gasteiger charge is 2.28. The van der Waals surface area contributed by atoms with Gasteiger partial charge in [-0.1, -0.05) is 6.92 Å². The van der Waals surface area contributed by atoms with Crippen LogP contribution in [0.3, 0.4) is 0 Å². The van der Waals surface area contributed by atoms with Crippen LogP contribution >= 0.6 is 0 Å². The lowest BCUT2D eigenvalue weighted by molar-refractivity contribution is -0.124. The molecule has 0 aliphatic carbocycles. The number of anilines is 1. The summed E-state index contributed by atoms with van der Waals surface area (Å²) in [6.45, 7) is 7.20. The van der Waals surface area contributed by atoms with Crippen molar-refractivity contribution in [1.29, 1.82) is 5.26 Å². The molecule has 2 aromatic rings. The quantitative estimate of drug-likeness (QED) is 0.832. The van der Waals surface area contributed by atoms with Crippen molar-refractivity contribution in [3.05, 3.63) is 30.1 Å². The first-order chi connectivity index (χ1) is 14.1. The van der Waals surface area contributed by atoms with E-state index in [1.54, 1.807) is 18.5 Å². The molecular formula is C21H26N6O2. The van der Waals surface area contributed by atoms with Gasteiger partial charge in [0.25, 0.3) is 0 Å². The van der Waals surface area contributed by atoms with Gasteiger partial charge in [-0.05, 0) is 24.5 Å². The van der Waals surface area contributed by atoms with Crippen molar-refractivity contribution in [3.63, 3.8) is 0 Å². The van der Waals surface area contributed by atoms with E-state index >= 15 is 0 Å². The van der Waals surface area contributed by atoms with Crippen LogP contribution in [0.5, 0.6) is 0 Å². The molecule has 1 N–H and O–H groups in total. The molecule has 1 amide bonds. The van der Waals surface area contributed by atoms with E-state index in [2.05, 4.69) is 38.1 Å². The lowest BCUT2D eigenvalue weighted by Crippen LogP contribution is -2.53. The van der Waals surface area contributed by atoms with Gasteiger partial charge in [-0.3, -0.25) is 19.7 Å². The summed E-state index contributed by atoms with van der Waals surface area (Å²) in [6, 6.07) is 6.02. The van der Waals surface area contributed by atoms with Crippen LogP contribution in [0.15, 0.2) is 24.5 Å². The first-order valence-electron chi connectivity index (χ1n) is 10.1. The Kier molecular flexibility index (Phi) is 5.88. The molecule has 152 valence electrons. The number of piperidine rings is 1. The third-order valence-electron chi connectivity index (χ3n) is 5.56. The summed E-state index contributed by atoms with van der Waals surface area (Å²) in [7, 11) is 0. The number of nitrogens with zero attached hydrogens (tertiary/aromatic N) is 5. The standard InChI is InChI=1S/C21H26N6O2/c1-15-10-17(25-19(28)14-26-6-8-29-9-7-26)13-27(12-15)18-3-2-16(11-22)20-21(18)24-5-4-23-20/h2-5,15,17H,6-10,12-14H2,1H3,(H,25,28)/t15-,17+/m0/s1. The lowest BCUT2D eigenvalue weighted by atomic mass is 9.95. The van der Waals surface area contributed by atoms with Crippen molar-refractivity contribution >= 4 is 22.6 Å². The van der Waals surface area contributed by atoms with Crippen molar-refractivity contribution in [1.82, 2.24) is 20.2 Å². The number of hydrogen-bond donors (Lipinski definition) is 1. The molecule has 1 aromatic carbocycles. The van der Waals surface area contributed by atoms with Gasteiger partial charge in [-0.25, -0.2) is 0 Å². The van der Waals surface area contributed by atoms with Gasteiger partial charge in [0.15, 0.2) is 0 Å². The number of carbonyl (C=O) groups excluding carboxylic acids is 1. The second kappa shape index (κ2) is 8.72. The monoisotopic (exact) mass is 394 g/mol. The molecule has 2 aliphatic heterocycles. The number of hydrogen-bond acceptors (Lipinski definition) is 7. The Morgan fingerprint density at radius 3 is 2.76 bits per heavy atom. The van der Waals surface area contributed by atoms with Gasteiger partial charge in [0.05, 0.1) is 31.0 Å². The maximum absolute atomic E-state index is 12.6. The van der Waals surface area contributed by atoms with Crippen molar-refractivity contribution in [2.75, 3.05) is 50.8 Å². The number of rotatable bonds is 4. The number of carbonyl (C=O) groups is 1. The average molecular weight is 394 g/mol. The summed E-state index contributed by atoms with van der Waals surface area (Å²) in [4.78, 5) is 25.8. The van der Waals surface area contributed by atoms with Crippen molar-refractivity contribution in [3.8, 4) is 6.07 Å². The van der Waals surface area contributed by atoms with Gasteiger partial charge in [0, 0.05) is 44.6 Å². The fraction of sp³-hybridized carbons (Fsp3) is 0.524. The van der Waals surface area contributed by atoms with E-state index in [-0.39, 0.29) is 11.9 Å². The van der Waals surface area contributed by atoms with Crippen LogP contribution in [0.4, 0.5) is 5.69 Å². The zero-order chi connectivity index (χ0) is 20.2. The van der Waals surface area contributed by atoms with Crippen LogP contribution < -0.4 is 10.2 Å². The van der Waals surface area contributed by atoms with Gasteiger partial charge in [-0.15, -0.1) is 0 Å². The highest BCUT2D eigenvalue weighted by molar-refractivity contribution is 5.92. The van der Waals surface area contributed by atoms with Gasteiger partial charge in [0.1, 0.15) is 17.1 Å². The molecule has 8 nitrogen and oxygen atoms in total. The molecule has 2 fully saturated rings. The highest BCUT2D eigenvalue weighted by Crippen LogP contribution is 2.30. The van der Waals surface area contributed by atoms with E-state index in [9.17, 15) is 10.1 Å². The molecule has 3 heterocycles. The normalized spacial score (nSPS) is 23.0. The summed E-state index contributed by atoms with van der Waals surface area (Å²) in [5, 5.41) is 12.6. The number of morpholine rings is 1. The van der Waals surface area contributed by atoms with Gasteiger partial charge in [-0.2, -0.15) is 5.26 Å². The number of aromatic nitrogens is 2. The Balaban J connectivity index is 1.49. The number of fused-ring (bicyclic) bond motifs is 1. The molecule has 1 aromatic heterocycles. The Labute approximate surface area is 170 Å². The second-order valence-corrected chi connectivity index (χ2v) is 7.90. The predicted molar refractivity (Wildman–Crippen MR) is 109 cm³/mol. The largest absolute Gasteiger partial charge is 0.379 e. The van der Waals surface area contributed by atoms with E-state index < -0.39 is 0 Å².